The van der Waals surface area contributed by atoms with Crippen LogP contribution in [0.15, 0.2) is 83.8 Å². The number of hydrogen-bond acceptors (Lipinski definition) is 4. The van der Waals surface area contributed by atoms with Crippen LogP contribution in [0.3, 0.4) is 0 Å². The molecule has 0 fully saturated rings. The Kier molecular flexibility index (Phi) is 11.0. The van der Waals surface area contributed by atoms with Gasteiger partial charge in [0.2, 0.25) is 5.91 Å². The first kappa shape index (κ1) is 35.5. The van der Waals surface area contributed by atoms with E-state index in [-0.39, 0.29) is 42.8 Å². The predicted molar refractivity (Wildman–Crippen MR) is 179 cm³/mol. The molecular weight excluding hydrogens is 641 g/mol. The number of amides is 1. The normalized spacial score (nSPS) is 11.9. The second-order valence-electron chi connectivity index (χ2n) is 12.0. The maximum atomic E-state index is 14.5. The van der Waals surface area contributed by atoms with Gasteiger partial charge in [0.25, 0.3) is 0 Å². The van der Waals surface area contributed by atoms with Crippen LogP contribution >= 0.6 is 0 Å². The molecule has 5 rings (SSSR count). The van der Waals surface area contributed by atoms with E-state index in [9.17, 15) is 31.5 Å². The Balaban J connectivity index is 1.42. The van der Waals surface area contributed by atoms with Crippen LogP contribution in [0.2, 0.25) is 0 Å². The molecule has 1 amide bonds. The Bertz CT molecular complexity index is 1960. The minimum Gasteiger partial charge on any atom is -0.336 e. The highest BCUT2D eigenvalue weighted by Crippen LogP contribution is 2.31. The summed E-state index contributed by atoms with van der Waals surface area (Å²) in [6.45, 7) is 6.85. The molecule has 49 heavy (non-hydrogen) atoms. The van der Waals surface area contributed by atoms with Crippen LogP contribution in [0.5, 0.6) is 0 Å². The molecule has 0 aliphatic rings. The molecule has 0 saturated heterocycles. The van der Waals surface area contributed by atoms with Crippen molar-refractivity contribution in [1.82, 2.24) is 24.1 Å². The minimum absolute atomic E-state index is 0.104. The molecule has 2 heterocycles. The zero-order valence-corrected chi connectivity index (χ0v) is 27.6. The lowest BCUT2D eigenvalue weighted by atomic mass is 10.0. The van der Waals surface area contributed by atoms with Crippen molar-refractivity contribution in [1.29, 1.82) is 0 Å². The summed E-state index contributed by atoms with van der Waals surface area (Å²) in [4.78, 5) is 31.1. The quantitative estimate of drug-likeness (QED) is 0.128. The van der Waals surface area contributed by atoms with Crippen LogP contribution in [0.4, 0.5) is 22.0 Å². The molecule has 2 aromatic heterocycles. The van der Waals surface area contributed by atoms with E-state index in [1.165, 1.54) is 35.0 Å². The maximum absolute atomic E-state index is 14.5. The van der Waals surface area contributed by atoms with Gasteiger partial charge in [-0.3, -0.25) is 14.3 Å². The van der Waals surface area contributed by atoms with Crippen LogP contribution in [-0.2, 0) is 43.9 Å². The Morgan fingerprint density at radius 1 is 0.878 bits per heavy atom. The number of aromatic nitrogens is 3. The number of pyridine rings is 1. The molecule has 12 heteroatoms. The molecule has 5 aromatic rings. The average molecular weight is 680 g/mol. The number of aryl methyl sites for hydroxylation is 3. The average Bonchev–Trinajstić information content (AvgIpc) is 3.48. The molecule has 0 saturated carbocycles. The Morgan fingerprint density at radius 2 is 1.53 bits per heavy atom. The van der Waals surface area contributed by atoms with Crippen molar-refractivity contribution in [3.63, 3.8) is 0 Å². The third-order valence-electron chi connectivity index (χ3n) is 8.76. The number of benzene rings is 3. The van der Waals surface area contributed by atoms with E-state index in [1.54, 1.807) is 22.7 Å². The highest BCUT2D eigenvalue weighted by Gasteiger charge is 2.30. The molecule has 0 N–H and O–H groups in total. The largest absolute Gasteiger partial charge is 0.416 e. The molecule has 0 spiro atoms. The maximum Gasteiger partial charge on any atom is 0.416 e. The molecule has 3 aromatic carbocycles. The topological polar surface area (TPSA) is 63.4 Å². The zero-order chi connectivity index (χ0) is 35.3. The van der Waals surface area contributed by atoms with Crippen LogP contribution in [0, 0.1) is 11.6 Å². The predicted octanol–water partition coefficient (Wildman–Crippen LogP) is 6.85. The third-order valence-corrected chi connectivity index (χ3v) is 8.76. The van der Waals surface area contributed by atoms with Crippen molar-refractivity contribution < 1.29 is 26.7 Å². The summed E-state index contributed by atoms with van der Waals surface area (Å²) in [6, 6.07) is 17.7. The molecule has 0 aliphatic carbocycles. The SMILES string of the molecule is CCN(CC)CCN(Cc1ccc(-c2ccc(C(F)(F)F)cc2)cc1)C(=O)Cn1c(CCc2cccc(F)c2F)cc(=O)c2cn(C)nc21. The van der Waals surface area contributed by atoms with Crippen molar-refractivity contribution in [3.05, 3.63) is 123 Å². The summed E-state index contributed by atoms with van der Waals surface area (Å²) in [5.74, 6) is -2.13. The number of hydrogen-bond donors (Lipinski definition) is 0. The lowest BCUT2D eigenvalue weighted by Crippen LogP contribution is -2.40. The van der Waals surface area contributed by atoms with Crippen molar-refractivity contribution in [2.45, 2.75) is 46.0 Å². The van der Waals surface area contributed by atoms with Crippen molar-refractivity contribution in [3.8, 4) is 11.1 Å². The first-order valence-electron chi connectivity index (χ1n) is 16.1. The molecule has 0 aliphatic heterocycles. The van der Waals surface area contributed by atoms with Crippen LogP contribution in [-0.4, -0.2) is 56.2 Å². The second-order valence-corrected chi connectivity index (χ2v) is 12.0. The van der Waals surface area contributed by atoms with Crippen LogP contribution < -0.4 is 5.43 Å². The van der Waals surface area contributed by atoms with Crippen molar-refractivity contribution in [2.24, 2.45) is 7.05 Å². The Labute approximate surface area is 281 Å². The van der Waals surface area contributed by atoms with E-state index in [0.717, 1.165) is 42.4 Å². The number of halogens is 5. The smallest absolute Gasteiger partial charge is 0.336 e. The van der Waals surface area contributed by atoms with Gasteiger partial charge in [-0.05, 0) is 66.4 Å². The number of rotatable bonds is 13. The molecule has 0 radical (unpaired) electrons. The van der Waals surface area contributed by atoms with Gasteiger partial charge >= 0.3 is 6.18 Å². The van der Waals surface area contributed by atoms with E-state index < -0.39 is 23.4 Å². The highest BCUT2D eigenvalue weighted by molar-refractivity contribution is 5.80. The summed E-state index contributed by atoms with van der Waals surface area (Å²) in [5.41, 5.74) is 2.15. The molecule has 7 nitrogen and oxygen atoms in total. The minimum atomic E-state index is -4.42. The number of alkyl halides is 3. The van der Waals surface area contributed by atoms with E-state index in [4.69, 9.17) is 0 Å². The Hall–Kier alpha value is -4.84. The van der Waals surface area contributed by atoms with Crippen LogP contribution in [0.25, 0.3) is 22.2 Å². The van der Waals surface area contributed by atoms with Crippen LogP contribution in [0.1, 0.15) is 36.2 Å². The standard InChI is InChI=1S/C37H38F5N5O2/c1-4-45(5-2)19-20-46(22-25-9-11-26(12-10-25)27-13-16-29(17-14-27)37(40,41)42)34(49)24-47-30(18-15-28-7-6-8-32(38)35(28)39)21-33(48)31-23-44(3)43-36(31)47/h6-14,16-17,21,23H,4-5,15,18-20,22,24H2,1-3H3. The highest BCUT2D eigenvalue weighted by atomic mass is 19.4. The van der Waals surface area contributed by atoms with Gasteiger partial charge in [-0.15, -0.1) is 0 Å². The fourth-order valence-electron chi connectivity index (χ4n) is 5.88. The zero-order valence-electron chi connectivity index (χ0n) is 27.6. The van der Waals surface area contributed by atoms with Gasteiger partial charge in [0.1, 0.15) is 6.54 Å². The molecule has 0 bridgehead atoms. The van der Waals surface area contributed by atoms with Gasteiger partial charge < -0.3 is 14.4 Å². The van der Waals surface area contributed by atoms with Gasteiger partial charge in [0.15, 0.2) is 22.7 Å². The van der Waals surface area contributed by atoms with Crippen molar-refractivity contribution in [2.75, 3.05) is 26.2 Å². The number of fused-ring (bicyclic) bond motifs is 1. The van der Waals surface area contributed by atoms with E-state index in [0.29, 0.717) is 35.4 Å². The second kappa shape index (κ2) is 15.1. The van der Waals surface area contributed by atoms with Gasteiger partial charge in [0.05, 0.1) is 10.9 Å². The molecule has 0 atom stereocenters. The molecule has 0 unspecified atom stereocenters. The van der Waals surface area contributed by atoms with Crippen molar-refractivity contribution >= 4 is 16.9 Å². The van der Waals surface area contributed by atoms with Gasteiger partial charge in [0, 0.05) is 44.6 Å². The van der Waals surface area contributed by atoms with Gasteiger partial charge in [-0.1, -0.05) is 62.4 Å². The monoisotopic (exact) mass is 679 g/mol. The third kappa shape index (κ3) is 8.43. The number of likely N-dealkylation sites (N-methyl/N-ethyl adjacent to an activating group) is 1. The number of carbonyl (C=O) groups is 1. The first-order valence-corrected chi connectivity index (χ1v) is 16.1. The first-order chi connectivity index (χ1) is 23.4. The summed E-state index contributed by atoms with van der Waals surface area (Å²) < 4.78 is 70.7. The molecular formula is C37H38F5N5O2. The van der Waals surface area contributed by atoms with Gasteiger partial charge in [-0.25, -0.2) is 8.78 Å². The Morgan fingerprint density at radius 3 is 2.16 bits per heavy atom. The summed E-state index contributed by atoms with van der Waals surface area (Å²) in [7, 11) is 1.68. The lowest BCUT2D eigenvalue weighted by molar-refractivity contribution is -0.137. The summed E-state index contributed by atoms with van der Waals surface area (Å²) >= 11 is 0. The number of carbonyl (C=O) groups excluding carboxylic acids is 1. The summed E-state index contributed by atoms with van der Waals surface area (Å²) in [6.07, 6.45) is -2.56. The number of nitrogens with zero attached hydrogens (tertiary/aromatic N) is 5. The van der Waals surface area contributed by atoms with E-state index >= 15 is 0 Å². The molecule has 258 valence electrons. The van der Waals surface area contributed by atoms with E-state index in [1.807, 2.05) is 38.1 Å². The fraction of sp³-hybridized carbons (Fsp3) is 0.324. The van der Waals surface area contributed by atoms with E-state index in [2.05, 4.69) is 10.00 Å². The lowest BCUT2D eigenvalue weighted by Gasteiger charge is -2.28. The fourth-order valence-corrected chi connectivity index (χ4v) is 5.88. The summed E-state index contributed by atoms with van der Waals surface area (Å²) in [5, 5.41) is 4.82. The van der Waals surface area contributed by atoms with Gasteiger partial charge in [-0.2, -0.15) is 18.3 Å².